The van der Waals surface area contributed by atoms with Crippen LogP contribution in [0.15, 0.2) is 36.8 Å². The van der Waals surface area contributed by atoms with Crippen LogP contribution in [0.1, 0.15) is 29.0 Å². The lowest BCUT2D eigenvalue weighted by Crippen LogP contribution is -2.15. The number of imidazole rings is 1. The van der Waals surface area contributed by atoms with Crippen molar-refractivity contribution in [2.75, 3.05) is 12.4 Å². The summed E-state index contributed by atoms with van der Waals surface area (Å²) in [5.74, 6) is -0.158. The molecular weight excluding hydrogens is 240 g/mol. The van der Waals surface area contributed by atoms with E-state index in [9.17, 15) is 4.79 Å². The Kier molecular flexibility index (Phi) is 3.97. The summed E-state index contributed by atoms with van der Waals surface area (Å²) in [4.78, 5) is 15.9. The van der Waals surface area contributed by atoms with Crippen LogP contribution >= 0.6 is 0 Å². The highest BCUT2D eigenvalue weighted by Gasteiger charge is 2.10. The third kappa shape index (κ3) is 3.00. The molecule has 0 aliphatic carbocycles. The average molecular weight is 258 g/mol. The molecule has 100 valence electrons. The fraction of sp³-hybridized carbons (Fsp3) is 0.286. The first-order valence-corrected chi connectivity index (χ1v) is 6.16. The van der Waals surface area contributed by atoms with Crippen molar-refractivity contribution in [2.24, 2.45) is 7.05 Å². The summed E-state index contributed by atoms with van der Waals surface area (Å²) in [5.41, 5.74) is 2.49. The Hall–Kier alpha value is -2.14. The molecule has 1 aromatic carbocycles. The molecule has 0 aliphatic heterocycles. The number of hydrogen-bond donors (Lipinski definition) is 2. The van der Waals surface area contributed by atoms with Gasteiger partial charge in [0.05, 0.1) is 12.5 Å². The van der Waals surface area contributed by atoms with E-state index >= 15 is 0 Å². The van der Waals surface area contributed by atoms with Crippen LogP contribution in [0.2, 0.25) is 0 Å². The van der Waals surface area contributed by atoms with Crippen LogP contribution in [0.25, 0.3) is 0 Å². The van der Waals surface area contributed by atoms with Gasteiger partial charge in [0.2, 0.25) is 0 Å². The second-order valence-electron chi connectivity index (χ2n) is 4.48. The Morgan fingerprint density at radius 1 is 1.32 bits per heavy atom. The van der Waals surface area contributed by atoms with Gasteiger partial charge in [-0.2, -0.15) is 0 Å². The van der Waals surface area contributed by atoms with E-state index in [1.54, 1.807) is 24.1 Å². The number of nitrogens with one attached hydrogen (secondary N) is 2. The standard InChI is InChI=1S/C14H18N4O/c1-10(15-2)11-4-6-12(7-5-11)17-14(19)13-8-16-9-18(13)3/h4-10,15H,1-3H3,(H,17,19). The number of carbonyl (C=O) groups excluding carboxylic acids is 1. The Bertz CT molecular complexity index is 559. The van der Waals surface area contributed by atoms with E-state index in [-0.39, 0.29) is 5.91 Å². The number of hydrogen-bond acceptors (Lipinski definition) is 3. The third-order valence-corrected chi connectivity index (χ3v) is 3.15. The SMILES string of the molecule is CNC(C)c1ccc(NC(=O)c2cncn2C)cc1. The van der Waals surface area contributed by atoms with Crippen molar-refractivity contribution in [3.63, 3.8) is 0 Å². The monoisotopic (exact) mass is 258 g/mol. The zero-order valence-corrected chi connectivity index (χ0v) is 11.3. The molecule has 0 saturated carbocycles. The Labute approximate surface area is 112 Å². The molecule has 1 aromatic heterocycles. The fourth-order valence-corrected chi connectivity index (χ4v) is 1.79. The van der Waals surface area contributed by atoms with Gasteiger partial charge in [0.25, 0.3) is 5.91 Å². The van der Waals surface area contributed by atoms with Crippen LogP contribution < -0.4 is 10.6 Å². The fourth-order valence-electron chi connectivity index (χ4n) is 1.79. The smallest absolute Gasteiger partial charge is 0.273 e. The summed E-state index contributed by atoms with van der Waals surface area (Å²) in [6.45, 7) is 2.09. The minimum absolute atomic E-state index is 0.158. The van der Waals surface area contributed by atoms with Crippen molar-refractivity contribution in [1.82, 2.24) is 14.9 Å². The van der Waals surface area contributed by atoms with Gasteiger partial charge in [0, 0.05) is 18.8 Å². The molecule has 19 heavy (non-hydrogen) atoms. The molecular formula is C14H18N4O. The minimum atomic E-state index is -0.158. The lowest BCUT2D eigenvalue weighted by atomic mass is 10.1. The molecule has 0 spiro atoms. The van der Waals surface area contributed by atoms with Crippen molar-refractivity contribution in [1.29, 1.82) is 0 Å². The van der Waals surface area contributed by atoms with Crippen molar-refractivity contribution in [2.45, 2.75) is 13.0 Å². The van der Waals surface area contributed by atoms with Crippen molar-refractivity contribution >= 4 is 11.6 Å². The molecule has 2 N–H and O–H groups in total. The van der Waals surface area contributed by atoms with Crippen LogP contribution in [0.5, 0.6) is 0 Å². The maximum atomic E-state index is 12.0. The van der Waals surface area contributed by atoms with Gasteiger partial charge in [-0.3, -0.25) is 4.79 Å². The van der Waals surface area contributed by atoms with Crippen LogP contribution in [-0.4, -0.2) is 22.5 Å². The summed E-state index contributed by atoms with van der Waals surface area (Å²) >= 11 is 0. The molecule has 0 fully saturated rings. The zero-order chi connectivity index (χ0) is 13.8. The van der Waals surface area contributed by atoms with Gasteiger partial charge in [-0.1, -0.05) is 12.1 Å². The molecule has 1 heterocycles. The van der Waals surface area contributed by atoms with E-state index in [2.05, 4.69) is 22.5 Å². The molecule has 5 nitrogen and oxygen atoms in total. The number of aromatic nitrogens is 2. The van der Waals surface area contributed by atoms with Gasteiger partial charge in [-0.05, 0) is 31.7 Å². The molecule has 5 heteroatoms. The third-order valence-electron chi connectivity index (χ3n) is 3.15. The lowest BCUT2D eigenvalue weighted by molar-refractivity contribution is 0.101. The summed E-state index contributed by atoms with van der Waals surface area (Å²) in [5, 5.41) is 6.02. The Morgan fingerprint density at radius 2 is 2.00 bits per heavy atom. The van der Waals surface area contributed by atoms with E-state index in [0.717, 1.165) is 5.69 Å². The van der Waals surface area contributed by atoms with E-state index < -0.39 is 0 Å². The molecule has 0 radical (unpaired) electrons. The van der Waals surface area contributed by atoms with Crippen LogP contribution in [0.3, 0.4) is 0 Å². The first kappa shape index (κ1) is 13.3. The molecule has 0 bridgehead atoms. The number of carbonyl (C=O) groups is 1. The van der Waals surface area contributed by atoms with Crippen molar-refractivity contribution in [3.05, 3.63) is 48.0 Å². The predicted octanol–water partition coefficient (Wildman–Crippen LogP) is 1.95. The molecule has 2 rings (SSSR count). The molecule has 0 aliphatic rings. The number of aryl methyl sites for hydroxylation is 1. The summed E-state index contributed by atoms with van der Waals surface area (Å²) in [7, 11) is 3.71. The topological polar surface area (TPSA) is 58.9 Å². The molecule has 1 unspecified atom stereocenters. The molecule has 1 atom stereocenters. The van der Waals surface area contributed by atoms with E-state index in [1.807, 2.05) is 31.3 Å². The highest BCUT2D eigenvalue weighted by molar-refractivity contribution is 6.02. The van der Waals surface area contributed by atoms with Crippen LogP contribution in [-0.2, 0) is 7.05 Å². The average Bonchev–Trinajstić information content (AvgIpc) is 2.85. The highest BCUT2D eigenvalue weighted by atomic mass is 16.1. The lowest BCUT2D eigenvalue weighted by Gasteiger charge is -2.11. The molecule has 0 saturated heterocycles. The second kappa shape index (κ2) is 5.67. The number of nitrogens with zero attached hydrogens (tertiary/aromatic N) is 2. The highest BCUT2D eigenvalue weighted by Crippen LogP contribution is 2.16. The van der Waals surface area contributed by atoms with Gasteiger partial charge >= 0.3 is 0 Å². The Morgan fingerprint density at radius 3 is 2.53 bits per heavy atom. The van der Waals surface area contributed by atoms with E-state index in [4.69, 9.17) is 0 Å². The van der Waals surface area contributed by atoms with Crippen molar-refractivity contribution < 1.29 is 4.79 Å². The van der Waals surface area contributed by atoms with Gasteiger partial charge in [0.1, 0.15) is 5.69 Å². The van der Waals surface area contributed by atoms with Crippen molar-refractivity contribution in [3.8, 4) is 0 Å². The minimum Gasteiger partial charge on any atom is -0.330 e. The normalized spacial score (nSPS) is 12.2. The maximum absolute atomic E-state index is 12.0. The summed E-state index contributed by atoms with van der Waals surface area (Å²) < 4.78 is 1.69. The number of rotatable bonds is 4. The number of benzene rings is 1. The first-order valence-electron chi connectivity index (χ1n) is 6.16. The first-order chi connectivity index (χ1) is 9.11. The zero-order valence-electron chi connectivity index (χ0n) is 11.3. The molecule has 2 aromatic rings. The second-order valence-corrected chi connectivity index (χ2v) is 4.48. The van der Waals surface area contributed by atoms with Gasteiger partial charge in [-0.15, -0.1) is 0 Å². The largest absolute Gasteiger partial charge is 0.330 e. The number of anilines is 1. The predicted molar refractivity (Wildman–Crippen MR) is 75.1 cm³/mol. The summed E-state index contributed by atoms with van der Waals surface area (Å²) in [6, 6.07) is 8.09. The Balaban J connectivity index is 2.08. The van der Waals surface area contributed by atoms with Gasteiger partial charge in [-0.25, -0.2) is 4.98 Å². The van der Waals surface area contributed by atoms with E-state index in [1.165, 1.54) is 5.56 Å². The van der Waals surface area contributed by atoms with Crippen LogP contribution in [0, 0.1) is 0 Å². The number of amides is 1. The quantitative estimate of drug-likeness (QED) is 0.881. The molecule has 1 amide bonds. The van der Waals surface area contributed by atoms with Crippen LogP contribution in [0.4, 0.5) is 5.69 Å². The van der Waals surface area contributed by atoms with E-state index in [0.29, 0.717) is 11.7 Å². The van der Waals surface area contributed by atoms with Gasteiger partial charge < -0.3 is 15.2 Å². The van der Waals surface area contributed by atoms with Gasteiger partial charge in [0.15, 0.2) is 0 Å². The summed E-state index contributed by atoms with van der Waals surface area (Å²) in [6.07, 6.45) is 3.15. The maximum Gasteiger partial charge on any atom is 0.273 e.